The third-order valence-corrected chi connectivity index (χ3v) is 3.46. The number of aryl methyl sites for hydroxylation is 1. The molecular weight excluding hydrogens is 248 g/mol. The molecule has 0 aliphatic carbocycles. The minimum absolute atomic E-state index is 0.518. The number of rotatable bonds is 5. The molecule has 0 aliphatic heterocycles. The van der Waals surface area contributed by atoms with Crippen LogP contribution in [0.3, 0.4) is 0 Å². The van der Waals surface area contributed by atoms with Gasteiger partial charge in [0.1, 0.15) is 0 Å². The van der Waals surface area contributed by atoms with Crippen molar-refractivity contribution in [3.8, 4) is 0 Å². The molecule has 20 heavy (non-hydrogen) atoms. The molecule has 0 bridgehead atoms. The summed E-state index contributed by atoms with van der Waals surface area (Å²) in [7, 11) is 0. The van der Waals surface area contributed by atoms with Gasteiger partial charge in [0.2, 0.25) is 0 Å². The number of aliphatic hydroxyl groups is 1. The molecule has 0 saturated carbocycles. The van der Waals surface area contributed by atoms with E-state index in [2.05, 4.69) is 36.9 Å². The lowest BCUT2D eigenvalue weighted by atomic mass is 10.1. The number of hydrogen-bond acceptors (Lipinski definition) is 3. The summed E-state index contributed by atoms with van der Waals surface area (Å²) >= 11 is 0. The van der Waals surface area contributed by atoms with Gasteiger partial charge in [0.25, 0.3) is 0 Å². The van der Waals surface area contributed by atoms with Crippen molar-refractivity contribution in [2.45, 2.75) is 20.0 Å². The van der Waals surface area contributed by atoms with Crippen LogP contribution in [0.1, 0.15) is 24.2 Å². The van der Waals surface area contributed by atoms with Gasteiger partial charge in [-0.15, -0.1) is 0 Å². The van der Waals surface area contributed by atoms with E-state index in [-0.39, 0.29) is 0 Å². The number of benzene rings is 2. The van der Waals surface area contributed by atoms with Crippen LogP contribution in [0.25, 0.3) is 0 Å². The zero-order chi connectivity index (χ0) is 14.5. The third kappa shape index (κ3) is 3.52. The number of aliphatic hydroxyl groups excluding tert-OH is 1. The Labute approximate surface area is 120 Å². The SMILES string of the molecule is CCN(CC(O)c1ccc(N)cc1)c1cccc(C)c1. The van der Waals surface area contributed by atoms with Gasteiger partial charge in [-0.3, -0.25) is 0 Å². The molecule has 2 aromatic rings. The average molecular weight is 270 g/mol. The summed E-state index contributed by atoms with van der Waals surface area (Å²) in [5.41, 5.74) is 9.64. The highest BCUT2D eigenvalue weighted by atomic mass is 16.3. The molecule has 0 radical (unpaired) electrons. The fourth-order valence-electron chi connectivity index (χ4n) is 2.27. The Bertz CT molecular complexity index is 551. The smallest absolute Gasteiger partial charge is 0.0964 e. The first-order chi connectivity index (χ1) is 9.60. The quantitative estimate of drug-likeness (QED) is 0.821. The van der Waals surface area contributed by atoms with Crippen LogP contribution in [0.5, 0.6) is 0 Å². The predicted octanol–water partition coefficient (Wildman–Crippen LogP) is 3.14. The lowest BCUT2D eigenvalue weighted by Crippen LogP contribution is -2.28. The highest BCUT2D eigenvalue weighted by Crippen LogP contribution is 2.21. The molecule has 1 atom stereocenters. The highest BCUT2D eigenvalue weighted by molar-refractivity contribution is 5.49. The summed E-state index contributed by atoms with van der Waals surface area (Å²) in [6.07, 6.45) is -0.518. The van der Waals surface area contributed by atoms with Gasteiger partial charge in [-0.25, -0.2) is 0 Å². The molecule has 2 aromatic carbocycles. The molecule has 0 spiro atoms. The van der Waals surface area contributed by atoms with E-state index >= 15 is 0 Å². The van der Waals surface area contributed by atoms with Crippen molar-refractivity contribution in [3.63, 3.8) is 0 Å². The molecule has 0 fully saturated rings. The van der Waals surface area contributed by atoms with Crippen molar-refractivity contribution in [2.75, 3.05) is 23.7 Å². The minimum atomic E-state index is -0.518. The van der Waals surface area contributed by atoms with Crippen LogP contribution in [-0.2, 0) is 0 Å². The molecule has 1 unspecified atom stereocenters. The maximum absolute atomic E-state index is 10.4. The second-order valence-electron chi connectivity index (χ2n) is 5.06. The Morgan fingerprint density at radius 3 is 2.45 bits per heavy atom. The van der Waals surface area contributed by atoms with Gasteiger partial charge in [-0.1, -0.05) is 24.3 Å². The van der Waals surface area contributed by atoms with Crippen LogP contribution < -0.4 is 10.6 Å². The lowest BCUT2D eigenvalue weighted by Gasteiger charge is -2.26. The Morgan fingerprint density at radius 1 is 1.15 bits per heavy atom. The molecule has 2 rings (SSSR count). The van der Waals surface area contributed by atoms with Crippen molar-refractivity contribution < 1.29 is 5.11 Å². The van der Waals surface area contributed by atoms with E-state index in [1.807, 2.05) is 30.3 Å². The normalized spacial score (nSPS) is 12.2. The van der Waals surface area contributed by atoms with Crippen LogP contribution in [0.2, 0.25) is 0 Å². The fraction of sp³-hybridized carbons (Fsp3) is 0.294. The van der Waals surface area contributed by atoms with Gasteiger partial charge < -0.3 is 15.7 Å². The molecule has 106 valence electrons. The minimum Gasteiger partial charge on any atom is -0.399 e. The molecule has 0 aliphatic rings. The first kappa shape index (κ1) is 14.4. The number of nitrogens with two attached hydrogens (primary N) is 1. The van der Waals surface area contributed by atoms with E-state index in [4.69, 9.17) is 5.73 Å². The van der Waals surface area contributed by atoms with Gasteiger partial charge in [-0.2, -0.15) is 0 Å². The summed E-state index contributed by atoms with van der Waals surface area (Å²) in [4.78, 5) is 2.17. The van der Waals surface area contributed by atoms with E-state index in [1.54, 1.807) is 0 Å². The van der Waals surface area contributed by atoms with Crippen LogP contribution in [0.4, 0.5) is 11.4 Å². The Kier molecular flexibility index (Phi) is 4.64. The van der Waals surface area contributed by atoms with Gasteiger partial charge in [0.05, 0.1) is 6.10 Å². The number of nitrogens with zero attached hydrogens (tertiary/aromatic N) is 1. The van der Waals surface area contributed by atoms with Gasteiger partial charge in [0.15, 0.2) is 0 Å². The molecule has 0 amide bonds. The van der Waals surface area contributed by atoms with Gasteiger partial charge in [0, 0.05) is 24.5 Å². The summed E-state index contributed by atoms with van der Waals surface area (Å²) in [6, 6.07) is 15.7. The molecule has 0 heterocycles. The average Bonchev–Trinajstić information content (AvgIpc) is 2.45. The highest BCUT2D eigenvalue weighted by Gasteiger charge is 2.13. The summed E-state index contributed by atoms with van der Waals surface area (Å²) in [6.45, 7) is 5.60. The topological polar surface area (TPSA) is 49.5 Å². The van der Waals surface area contributed by atoms with Crippen LogP contribution >= 0.6 is 0 Å². The molecule has 3 heteroatoms. The number of nitrogen functional groups attached to an aromatic ring is 1. The number of likely N-dealkylation sites (N-methyl/N-ethyl adjacent to an activating group) is 1. The molecular formula is C17H22N2O. The fourth-order valence-corrected chi connectivity index (χ4v) is 2.27. The zero-order valence-electron chi connectivity index (χ0n) is 12.1. The molecule has 3 N–H and O–H groups in total. The van der Waals surface area contributed by atoms with E-state index in [9.17, 15) is 5.11 Å². The van der Waals surface area contributed by atoms with E-state index in [0.717, 1.165) is 17.8 Å². The van der Waals surface area contributed by atoms with Crippen LogP contribution in [-0.4, -0.2) is 18.2 Å². The number of anilines is 2. The van der Waals surface area contributed by atoms with Gasteiger partial charge >= 0.3 is 0 Å². The van der Waals surface area contributed by atoms with Crippen LogP contribution in [0, 0.1) is 6.92 Å². The van der Waals surface area contributed by atoms with Crippen molar-refractivity contribution in [2.24, 2.45) is 0 Å². The second-order valence-corrected chi connectivity index (χ2v) is 5.06. The Balaban J connectivity index is 2.11. The first-order valence-electron chi connectivity index (χ1n) is 6.95. The van der Waals surface area contributed by atoms with Crippen molar-refractivity contribution >= 4 is 11.4 Å². The zero-order valence-corrected chi connectivity index (χ0v) is 12.1. The Morgan fingerprint density at radius 2 is 1.85 bits per heavy atom. The van der Waals surface area contributed by atoms with Gasteiger partial charge in [-0.05, 0) is 49.2 Å². The van der Waals surface area contributed by atoms with Crippen molar-refractivity contribution in [1.82, 2.24) is 0 Å². The molecule has 0 saturated heterocycles. The van der Waals surface area contributed by atoms with E-state index < -0.39 is 6.10 Å². The molecule has 3 nitrogen and oxygen atoms in total. The second kappa shape index (κ2) is 6.44. The van der Waals surface area contributed by atoms with E-state index in [1.165, 1.54) is 5.56 Å². The largest absolute Gasteiger partial charge is 0.399 e. The van der Waals surface area contributed by atoms with E-state index in [0.29, 0.717) is 12.2 Å². The monoisotopic (exact) mass is 270 g/mol. The summed E-state index contributed by atoms with van der Waals surface area (Å²) in [5.74, 6) is 0. The summed E-state index contributed by atoms with van der Waals surface area (Å²) in [5, 5.41) is 10.4. The van der Waals surface area contributed by atoms with Crippen molar-refractivity contribution in [1.29, 1.82) is 0 Å². The first-order valence-corrected chi connectivity index (χ1v) is 6.95. The Hall–Kier alpha value is -2.00. The summed E-state index contributed by atoms with van der Waals surface area (Å²) < 4.78 is 0. The maximum Gasteiger partial charge on any atom is 0.0964 e. The predicted molar refractivity (Wildman–Crippen MR) is 84.9 cm³/mol. The van der Waals surface area contributed by atoms with Crippen molar-refractivity contribution in [3.05, 3.63) is 59.7 Å². The standard InChI is InChI=1S/C17H22N2O/c1-3-19(16-6-4-5-13(2)11-16)12-17(20)14-7-9-15(18)10-8-14/h4-11,17,20H,3,12,18H2,1-2H3. The third-order valence-electron chi connectivity index (χ3n) is 3.46. The maximum atomic E-state index is 10.4. The van der Waals surface area contributed by atoms with Crippen LogP contribution in [0.15, 0.2) is 48.5 Å². The lowest BCUT2D eigenvalue weighted by molar-refractivity contribution is 0.183. The number of hydrogen-bond donors (Lipinski definition) is 2. The molecule has 0 aromatic heterocycles.